The predicted octanol–water partition coefficient (Wildman–Crippen LogP) is 2.41. The molecule has 0 bridgehead atoms. The Balaban J connectivity index is 1.95. The van der Waals surface area contributed by atoms with E-state index in [1.807, 2.05) is 50.6 Å². The highest BCUT2D eigenvalue weighted by Gasteiger charge is 2.16. The Morgan fingerprint density at radius 2 is 2.14 bits per heavy atom. The van der Waals surface area contributed by atoms with Crippen LogP contribution < -0.4 is 5.32 Å². The molecule has 1 heterocycles. The fraction of sp³-hybridized carbons (Fsp3) is 0.529. The van der Waals surface area contributed by atoms with E-state index in [4.69, 9.17) is 0 Å². The third-order valence-electron chi connectivity index (χ3n) is 4.11. The molecule has 2 N–H and O–H groups in total. The molecule has 0 saturated carbocycles. The van der Waals surface area contributed by atoms with Gasteiger partial charge in [0.1, 0.15) is 5.82 Å². The van der Waals surface area contributed by atoms with Crippen LogP contribution in [0.25, 0.3) is 11.0 Å². The number of aliphatic hydroxyl groups excluding tert-OH is 1. The average Bonchev–Trinajstić information content (AvgIpc) is 2.78. The van der Waals surface area contributed by atoms with E-state index in [9.17, 15) is 9.90 Å². The van der Waals surface area contributed by atoms with Crippen LogP contribution in [-0.4, -0.2) is 33.7 Å². The van der Waals surface area contributed by atoms with Gasteiger partial charge in [-0.2, -0.15) is 0 Å². The summed E-state index contributed by atoms with van der Waals surface area (Å²) in [6, 6.07) is 5.59. The van der Waals surface area contributed by atoms with Crippen molar-refractivity contribution in [1.82, 2.24) is 14.9 Å². The van der Waals surface area contributed by atoms with Gasteiger partial charge in [-0.25, -0.2) is 4.98 Å². The van der Waals surface area contributed by atoms with Crippen molar-refractivity contribution < 1.29 is 9.90 Å². The number of nitrogens with zero attached hydrogens (tertiary/aromatic N) is 2. The second-order valence-corrected chi connectivity index (χ2v) is 6.60. The summed E-state index contributed by atoms with van der Waals surface area (Å²) in [4.78, 5) is 16.6. The number of aliphatic hydroxyl groups is 1. The summed E-state index contributed by atoms with van der Waals surface area (Å²) in [5.41, 5.74) is 2.41. The summed E-state index contributed by atoms with van der Waals surface area (Å²) in [5, 5.41) is 12.1. The molecule has 1 aromatic carbocycles. The van der Waals surface area contributed by atoms with Crippen molar-refractivity contribution >= 4 is 16.9 Å². The first-order valence-electron chi connectivity index (χ1n) is 7.66. The van der Waals surface area contributed by atoms with Gasteiger partial charge in [0.25, 0.3) is 5.91 Å². The zero-order valence-corrected chi connectivity index (χ0v) is 13.8. The summed E-state index contributed by atoms with van der Waals surface area (Å²) < 4.78 is 2.01. The lowest BCUT2D eigenvalue weighted by molar-refractivity contribution is 0.0948. The SMILES string of the molecule is Cc1nc2cc(C(=O)NCCCC(C)(C)CO)ccc2n1C. The number of carbonyl (C=O) groups excluding carboxylic acids is 1. The van der Waals surface area contributed by atoms with Crippen LogP contribution in [0.15, 0.2) is 18.2 Å². The van der Waals surface area contributed by atoms with Gasteiger partial charge in [-0.1, -0.05) is 13.8 Å². The summed E-state index contributed by atoms with van der Waals surface area (Å²) in [5.74, 6) is 0.853. The summed E-state index contributed by atoms with van der Waals surface area (Å²) in [7, 11) is 1.97. The normalized spacial score (nSPS) is 11.9. The number of hydrogen-bond acceptors (Lipinski definition) is 3. The van der Waals surface area contributed by atoms with Crippen LogP contribution >= 0.6 is 0 Å². The van der Waals surface area contributed by atoms with Gasteiger partial charge in [-0.3, -0.25) is 4.79 Å². The Labute approximate surface area is 131 Å². The lowest BCUT2D eigenvalue weighted by Gasteiger charge is -2.21. The van der Waals surface area contributed by atoms with Gasteiger partial charge in [0.15, 0.2) is 0 Å². The van der Waals surface area contributed by atoms with E-state index in [1.54, 1.807) is 0 Å². The number of hydrogen-bond donors (Lipinski definition) is 2. The molecule has 0 spiro atoms. The largest absolute Gasteiger partial charge is 0.396 e. The first-order valence-corrected chi connectivity index (χ1v) is 7.66. The molecule has 1 amide bonds. The summed E-state index contributed by atoms with van der Waals surface area (Å²) in [6.45, 7) is 6.76. The second-order valence-electron chi connectivity index (χ2n) is 6.60. The quantitative estimate of drug-likeness (QED) is 0.805. The number of carbonyl (C=O) groups is 1. The standard InChI is InChI=1S/C17H25N3O2/c1-12-19-14-10-13(6-7-15(14)20(12)4)16(22)18-9-5-8-17(2,3)11-21/h6-7,10,21H,5,8-9,11H2,1-4H3,(H,18,22). The molecule has 0 radical (unpaired) electrons. The molecule has 120 valence electrons. The van der Waals surface area contributed by atoms with E-state index >= 15 is 0 Å². The Kier molecular flexibility index (Phi) is 4.86. The number of imidazole rings is 1. The summed E-state index contributed by atoms with van der Waals surface area (Å²) in [6.07, 6.45) is 1.73. The molecule has 0 unspecified atom stereocenters. The van der Waals surface area contributed by atoms with Crippen LogP contribution in [-0.2, 0) is 7.05 Å². The van der Waals surface area contributed by atoms with E-state index in [-0.39, 0.29) is 17.9 Å². The van der Waals surface area contributed by atoms with Crippen molar-refractivity contribution in [1.29, 1.82) is 0 Å². The van der Waals surface area contributed by atoms with E-state index < -0.39 is 0 Å². The Hall–Kier alpha value is -1.88. The number of nitrogens with one attached hydrogen (secondary N) is 1. The molecule has 5 heteroatoms. The first kappa shape index (κ1) is 16.5. The summed E-state index contributed by atoms with van der Waals surface area (Å²) >= 11 is 0. The molecule has 0 atom stereocenters. The number of benzene rings is 1. The minimum Gasteiger partial charge on any atom is -0.396 e. The zero-order valence-electron chi connectivity index (χ0n) is 13.8. The molecule has 0 aliphatic heterocycles. The van der Waals surface area contributed by atoms with Crippen molar-refractivity contribution in [3.63, 3.8) is 0 Å². The molecule has 1 aromatic heterocycles. The molecular weight excluding hydrogens is 278 g/mol. The molecule has 0 fully saturated rings. The van der Waals surface area contributed by atoms with Gasteiger partial charge < -0.3 is 15.0 Å². The van der Waals surface area contributed by atoms with Crippen molar-refractivity contribution in [3.8, 4) is 0 Å². The van der Waals surface area contributed by atoms with Gasteiger partial charge in [-0.05, 0) is 43.4 Å². The highest BCUT2D eigenvalue weighted by atomic mass is 16.3. The van der Waals surface area contributed by atoms with Crippen molar-refractivity contribution in [2.45, 2.75) is 33.6 Å². The Bertz CT molecular complexity index is 674. The molecule has 0 saturated heterocycles. The predicted molar refractivity (Wildman–Crippen MR) is 87.9 cm³/mol. The van der Waals surface area contributed by atoms with Crippen LogP contribution in [0.5, 0.6) is 0 Å². The van der Waals surface area contributed by atoms with Crippen LogP contribution in [0.3, 0.4) is 0 Å². The Morgan fingerprint density at radius 1 is 1.41 bits per heavy atom. The van der Waals surface area contributed by atoms with Gasteiger partial charge in [0.2, 0.25) is 0 Å². The lowest BCUT2D eigenvalue weighted by atomic mass is 9.89. The van der Waals surface area contributed by atoms with Crippen LogP contribution in [0.2, 0.25) is 0 Å². The molecule has 5 nitrogen and oxygen atoms in total. The smallest absolute Gasteiger partial charge is 0.251 e. The molecular formula is C17H25N3O2. The molecule has 2 rings (SSSR count). The van der Waals surface area contributed by atoms with Crippen LogP contribution in [0.4, 0.5) is 0 Å². The van der Waals surface area contributed by atoms with E-state index in [2.05, 4.69) is 10.3 Å². The molecule has 22 heavy (non-hydrogen) atoms. The monoisotopic (exact) mass is 303 g/mol. The molecule has 0 aliphatic carbocycles. The highest BCUT2D eigenvalue weighted by molar-refractivity contribution is 5.97. The van der Waals surface area contributed by atoms with Gasteiger partial charge >= 0.3 is 0 Å². The third-order valence-corrected chi connectivity index (χ3v) is 4.11. The van der Waals surface area contributed by atoms with Gasteiger partial charge in [-0.15, -0.1) is 0 Å². The van der Waals surface area contributed by atoms with Crippen LogP contribution in [0, 0.1) is 12.3 Å². The van der Waals surface area contributed by atoms with E-state index in [0.29, 0.717) is 12.1 Å². The minimum absolute atomic E-state index is 0.0768. The fourth-order valence-corrected chi connectivity index (χ4v) is 2.41. The van der Waals surface area contributed by atoms with Gasteiger partial charge in [0, 0.05) is 25.8 Å². The minimum atomic E-state index is -0.0882. The van der Waals surface area contributed by atoms with Crippen molar-refractivity contribution in [3.05, 3.63) is 29.6 Å². The lowest BCUT2D eigenvalue weighted by Crippen LogP contribution is -2.26. The molecule has 0 aliphatic rings. The van der Waals surface area contributed by atoms with Crippen LogP contribution in [0.1, 0.15) is 42.9 Å². The topological polar surface area (TPSA) is 67.2 Å². The maximum absolute atomic E-state index is 12.2. The first-order chi connectivity index (χ1) is 10.3. The zero-order chi connectivity index (χ0) is 16.3. The number of rotatable bonds is 6. The number of aryl methyl sites for hydroxylation is 2. The maximum Gasteiger partial charge on any atom is 0.251 e. The van der Waals surface area contributed by atoms with Gasteiger partial charge in [0.05, 0.1) is 11.0 Å². The third kappa shape index (κ3) is 3.65. The van der Waals surface area contributed by atoms with E-state index in [0.717, 1.165) is 29.7 Å². The maximum atomic E-state index is 12.2. The van der Waals surface area contributed by atoms with E-state index in [1.165, 1.54) is 0 Å². The molecule has 2 aromatic rings. The number of aromatic nitrogens is 2. The average molecular weight is 303 g/mol. The number of fused-ring (bicyclic) bond motifs is 1. The fourth-order valence-electron chi connectivity index (χ4n) is 2.41. The highest BCUT2D eigenvalue weighted by Crippen LogP contribution is 2.20. The Morgan fingerprint density at radius 3 is 2.82 bits per heavy atom. The number of amides is 1. The van der Waals surface area contributed by atoms with Crippen molar-refractivity contribution in [2.75, 3.05) is 13.2 Å². The second kappa shape index (κ2) is 6.48. The van der Waals surface area contributed by atoms with Crippen molar-refractivity contribution in [2.24, 2.45) is 12.5 Å².